The van der Waals surface area contributed by atoms with Crippen LogP contribution in [0.3, 0.4) is 0 Å². The minimum absolute atomic E-state index is 0.0854. The molecular formula is C19H23NO5S. The van der Waals surface area contributed by atoms with Crippen LogP contribution >= 0.6 is 11.8 Å². The Morgan fingerprint density at radius 1 is 0.885 bits per heavy atom. The molecule has 1 amide bonds. The van der Waals surface area contributed by atoms with Gasteiger partial charge in [-0.3, -0.25) is 4.79 Å². The zero-order valence-corrected chi connectivity index (χ0v) is 16.1. The third-order valence-electron chi connectivity index (χ3n) is 3.69. The average molecular weight is 377 g/mol. The second-order valence-electron chi connectivity index (χ2n) is 5.24. The minimum atomic E-state index is -0.0854. The fourth-order valence-electron chi connectivity index (χ4n) is 2.36. The number of carbonyl (C=O) groups is 1. The summed E-state index contributed by atoms with van der Waals surface area (Å²) < 4.78 is 21.2. The van der Waals surface area contributed by atoms with Crippen molar-refractivity contribution >= 4 is 17.7 Å². The van der Waals surface area contributed by atoms with Crippen LogP contribution in [-0.2, 0) is 11.3 Å². The number of hydrogen-bond acceptors (Lipinski definition) is 6. The second kappa shape index (κ2) is 9.82. The van der Waals surface area contributed by atoms with E-state index in [2.05, 4.69) is 5.32 Å². The Balaban J connectivity index is 1.98. The lowest BCUT2D eigenvalue weighted by Gasteiger charge is -2.14. The summed E-state index contributed by atoms with van der Waals surface area (Å²) >= 11 is 1.43. The van der Waals surface area contributed by atoms with Gasteiger partial charge >= 0.3 is 0 Å². The molecule has 0 unspecified atom stereocenters. The zero-order valence-electron chi connectivity index (χ0n) is 15.3. The number of carbonyl (C=O) groups excluding carboxylic acids is 1. The summed E-state index contributed by atoms with van der Waals surface area (Å²) in [7, 11) is 6.32. The van der Waals surface area contributed by atoms with Crippen LogP contribution in [0.25, 0.3) is 0 Å². The predicted molar refractivity (Wildman–Crippen MR) is 102 cm³/mol. The first-order valence-corrected chi connectivity index (χ1v) is 8.92. The lowest BCUT2D eigenvalue weighted by atomic mass is 10.1. The molecule has 0 aliphatic heterocycles. The highest BCUT2D eigenvalue weighted by molar-refractivity contribution is 8.00. The summed E-state index contributed by atoms with van der Waals surface area (Å²) in [4.78, 5) is 13.1. The number of rotatable bonds is 9. The summed E-state index contributed by atoms with van der Waals surface area (Å²) in [6.45, 7) is 0.328. The molecule has 0 saturated heterocycles. The maximum absolute atomic E-state index is 12.2. The van der Waals surface area contributed by atoms with E-state index >= 15 is 0 Å². The molecule has 0 aliphatic rings. The van der Waals surface area contributed by atoms with Gasteiger partial charge in [-0.1, -0.05) is 12.1 Å². The highest BCUT2D eigenvalue weighted by atomic mass is 32.2. The molecule has 6 nitrogen and oxygen atoms in total. The van der Waals surface area contributed by atoms with Crippen molar-refractivity contribution < 1.29 is 23.7 Å². The van der Waals surface area contributed by atoms with Gasteiger partial charge < -0.3 is 24.3 Å². The Kier molecular flexibility index (Phi) is 7.47. The van der Waals surface area contributed by atoms with E-state index in [4.69, 9.17) is 18.9 Å². The van der Waals surface area contributed by atoms with Crippen LogP contribution in [0.4, 0.5) is 0 Å². The third-order valence-corrected chi connectivity index (χ3v) is 4.75. The fraction of sp³-hybridized carbons (Fsp3) is 0.316. The smallest absolute Gasteiger partial charge is 0.230 e. The summed E-state index contributed by atoms with van der Waals surface area (Å²) in [6.07, 6.45) is 0. The van der Waals surface area contributed by atoms with E-state index in [0.29, 0.717) is 23.8 Å². The molecule has 0 radical (unpaired) electrons. The third kappa shape index (κ3) is 4.98. The maximum Gasteiger partial charge on any atom is 0.230 e. The first kappa shape index (κ1) is 19.8. The lowest BCUT2D eigenvalue weighted by Crippen LogP contribution is -2.24. The largest absolute Gasteiger partial charge is 0.496 e. The standard InChI is InChI=1S/C19H23NO5S/c1-22-14-7-5-6-8-18(14)26-12-19(21)20-11-13-9-16(24-3)17(25-4)10-15(13)23-2/h5-10H,11-12H2,1-4H3,(H,20,21). The van der Waals surface area contributed by atoms with E-state index in [9.17, 15) is 4.79 Å². The predicted octanol–water partition coefficient (Wildman–Crippen LogP) is 3.13. The molecule has 140 valence electrons. The van der Waals surface area contributed by atoms with Gasteiger partial charge in [0.15, 0.2) is 11.5 Å². The minimum Gasteiger partial charge on any atom is -0.496 e. The van der Waals surface area contributed by atoms with Gasteiger partial charge in [0.05, 0.1) is 34.2 Å². The quantitative estimate of drug-likeness (QED) is 0.678. The first-order valence-electron chi connectivity index (χ1n) is 7.94. The van der Waals surface area contributed by atoms with Gasteiger partial charge in [0.25, 0.3) is 0 Å². The normalized spacial score (nSPS) is 10.2. The van der Waals surface area contributed by atoms with E-state index < -0.39 is 0 Å². The van der Waals surface area contributed by atoms with E-state index in [1.165, 1.54) is 11.8 Å². The molecule has 0 aliphatic carbocycles. The van der Waals surface area contributed by atoms with Crippen LogP contribution in [0.15, 0.2) is 41.3 Å². The Hall–Kier alpha value is -2.54. The van der Waals surface area contributed by atoms with Crippen LogP contribution < -0.4 is 24.3 Å². The average Bonchev–Trinajstić information content (AvgIpc) is 2.69. The summed E-state index contributed by atoms with van der Waals surface area (Å²) in [6, 6.07) is 11.1. The number of amides is 1. The summed E-state index contributed by atoms with van der Waals surface area (Å²) in [5.74, 6) is 2.74. The highest BCUT2D eigenvalue weighted by Crippen LogP contribution is 2.34. The van der Waals surface area contributed by atoms with Crippen molar-refractivity contribution in [2.45, 2.75) is 11.4 Å². The van der Waals surface area contributed by atoms with Gasteiger partial charge in [0, 0.05) is 23.1 Å². The van der Waals surface area contributed by atoms with Crippen LogP contribution in [0.1, 0.15) is 5.56 Å². The van der Waals surface area contributed by atoms with Gasteiger partial charge in [-0.15, -0.1) is 11.8 Å². The number of ether oxygens (including phenoxy) is 4. The molecule has 1 N–H and O–H groups in total. The van der Waals surface area contributed by atoms with E-state index in [-0.39, 0.29) is 11.7 Å². The van der Waals surface area contributed by atoms with Crippen LogP contribution in [-0.4, -0.2) is 40.1 Å². The Labute approximate surface area is 157 Å². The van der Waals surface area contributed by atoms with Crippen molar-refractivity contribution in [1.82, 2.24) is 5.32 Å². The van der Waals surface area contributed by atoms with Crippen LogP contribution in [0.2, 0.25) is 0 Å². The first-order chi connectivity index (χ1) is 12.6. The van der Waals surface area contributed by atoms with Crippen molar-refractivity contribution in [3.8, 4) is 23.0 Å². The number of hydrogen-bond donors (Lipinski definition) is 1. The van der Waals surface area contributed by atoms with Crippen molar-refractivity contribution in [2.75, 3.05) is 34.2 Å². The number of nitrogens with one attached hydrogen (secondary N) is 1. The van der Waals surface area contributed by atoms with E-state index in [0.717, 1.165) is 16.2 Å². The second-order valence-corrected chi connectivity index (χ2v) is 6.25. The fourth-order valence-corrected chi connectivity index (χ4v) is 3.21. The number of para-hydroxylation sites is 1. The monoisotopic (exact) mass is 377 g/mol. The molecule has 2 rings (SSSR count). The molecule has 0 bridgehead atoms. The molecule has 2 aromatic rings. The molecule has 0 spiro atoms. The Morgan fingerprint density at radius 2 is 1.50 bits per heavy atom. The summed E-state index contributed by atoms with van der Waals surface area (Å²) in [5, 5.41) is 2.89. The van der Waals surface area contributed by atoms with E-state index in [1.807, 2.05) is 24.3 Å². The van der Waals surface area contributed by atoms with Crippen molar-refractivity contribution in [1.29, 1.82) is 0 Å². The molecule has 26 heavy (non-hydrogen) atoms. The van der Waals surface area contributed by atoms with Gasteiger partial charge in [-0.05, 0) is 18.2 Å². The number of benzene rings is 2. The lowest BCUT2D eigenvalue weighted by molar-refractivity contribution is -0.118. The SMILES string of the molecule is COc1cc(OC)c(OC)cc1CNC(=O)CSc1ccccc1OC. The Bertz CT molecular complexity index is 751. The van der Waals surface area contributed by atoms with E-state index in [1.54, 1.807) is 40.6 Å². The van der Waals surface area contributed by atoms with Crippen molar-refractivity contribution in [2.24, 2.45) is 0 Å². The van der Waals surface area contributed by atoms with Crippen molar-refractivity contribution in [3.63, 3.8) is 0 Å². The van der Waals surface area contributed by atoms with Crippen LogP contribution in [0.5, 0.6) is 23.0 Å². The molecule has 0 aromatic heterocycles. The zero-order chi connectivity index (χ0) is 18.9. The molecule has 2 aromatic carbocycles. The molecule has 0 saturated carbocycles. The summed E-state index contributed by atoms with van der Waals surface area (Å²) in [5.41, 5.74) is 0.806. The highest BCUT2D eigenvalue weighted by Gasteiger charge is 2.13. The van der Waals surface area contributed by atoms with Gasteiger partial charge in [0.2, 0.25) is 5.91 Å². The van der Waals surface area contributed by atoms with Crippen LogP contribution in [0, 0.1) is 0 Å². The number of thioether (sulfide) groups is 1. The Morgan fingerprint density at radius 3 is 2.15 bits per heavy atom. The van der Waals surface area contributed by atoms with Crippen molar-refractivity contribution in [3.05, 3.63) is 42.0 Å². The molecular weight excluding hydrogens is 354 g/mol. The molecule has 0 atom stereocenters. The topological polar surface area (TPSA) is 66.0 Å². The number of methoxy groups -OCH3 is 4. The molecule has 0 heterocycles. The van der Waals surface area contributed by atoms with Gasteiger partial charge in [-0.25, -0.2) is 0 Å². The molecule has 7 heteroatoms. The van der Waals surface area contributed by atoms with Gasteiger partial charge in [-0.2, -0.15) is 0 Å². The van der Waals surface area contributed by atoms with Gasteiger partial charge in [0.1, 0.15) is 11.5 Å². The maximum atomic E-state index is 12.2. The molecule has 0 fully saturated rings.